The molecule has 0 spiro atoms. The maximum absolute atomic E-state index is 9.55. The molecule has 0 unspecified atom stereocenters. The van der Waals surface area contributed by atoms with E-state index in [1.54, 1.807) is 6.08 Å². The van der Waals surface area contributed by atoms with Crippen LogP contribution in [0, 0.1) is 13.8 Å². The number of phenolic OH excluding ortho intramolecular Hbond substituents is 1. The number of phenols is 1. The number of benzene rings is 1. The Morgan fingerprint density at radius 3 is 2.53 bits per heavy atom. The van der Waals surface area contributed by atoms with Gasteiger partial charge in [0.1, 0.15) is 5.75 Å². The molecular formula is C11H13N3O. The summed E-state index contributed by atoms with van der Waals surface area (Å²) < 4.78 is 0. The molecule has 0 atom stereocenters. The molecule has 0 fully saturated rings. The SMILES string of the molecule is Cc1cc(C=CCN=[N+]=[N-])cc(C)c1O. The van der Waals surface area contributed by atoms with Crippen molar-refractivity contribution in [1.82, 2.24) is 0 Å². The molecule has 0 saturated heterocycles. The Labute approximate surface area is 88.5 Å². The molecule has 0 amide bonds. The predicted octanol–water partition coefficient (Wildman–Crippen LogP) is 3.33. The first-order valence-corrected chi connectivity index (χ1v) is 4.62. The molecule has 1 N–H and O–H groups in total. The molecule has 4 heteroatoms. The lowest BCUT2D eigenvalue weighted by atomic mass is 10.1. The van der Waals surface area contributed by atoms with Crippen LogP contribution in [0.15, 0.2) is 23.3 Å². The quantitative estimate of drug-likeness (QED) is 0.457. The van der Waals surface area contributed by atoms with Gasteiger partial charge in [0.15, 0.2) is 0 Å². The summed E-state index contributed by atoms with van der Waals surface area (Å²) in [5.41, 5.74) is 10.8. The van der Waals surface area contributed by atoms with Gasteiger partial charge in [0.05, 0.1) is 0 Å². The first-order chi connectivity index (χ1) is 7.15. The molecule has 0 aliphatic rings. The van der Waals surface area contributed by atoms with Gasteiger partial charge in [-0.05, 0) is 48.2 Å². The molecule has 0 aliphatic heterocycles. The van der Waals surface area contributed by atoms with Crippen LogP contribution < -0.4 is 0 Å². The summed E-state index contributed by atoms with van der Waals surface area (Å²) in [4.78, 5) is 2.65. The summed E-state index contributed by atoms with van der Waals surface area (Å²) in [7, 11) is 0. The molecule has 0 bridgehead atoms. The van der Waals surface area contributed by atoms with Crippen LogP contribution in [0.4, 0.5) is 0 Å². The Kier molecular flexibility index (Phi) is 3.77. The van der Waals surface area contributed by atoms with Crippen LogP contribution >= 0.6 is 0 Å². The van der Waals surface area contributed by atoms with Crippen molar-refractivity contribution >= 4 is 6.08 Å². The Hall–Kier alpha value is -1.93. The Bertz CT molecular complexity index is 408. The third kappa shape index (κ3) is 3.04. The molecule has 0 aromatic heterocycles. The standard InChI is InChI=1S/C11H13N3O/c1-8-6-10(4-3-5-13-14-12)7-9(2)11(8)15/h3-4,6-7,15H,5H2,1-2H3. The minimum atomic E-state index is 0.335. The first-order valence-electron chi connectivity index (χ1n) is 4.62. The predicted molar refractivity (Wildman–Crippen MR) is 60.6 cm³/mol. The van der Waals surface area contributed by atoms with Gasteiger partial charge >= 0.3 is 0 Å². The van der Waals surface area contributed by atoms with Crippen molar-refractivity contribution in [3.63, 3.8) is 0 Å². The van der Waals surface area contributed by atoms with Crippen LogP contribution in [-0.2, 0) is 0 Å². The second-order valence-electron chi connectivity index (χ2n) is 3.32. The van der Waals surface area contributed by atoms with Crippen molar-refractivity contribution in [2.24, 2.45) is 5.11 Å². The average Bonchev–Trinajstić information content (AvgIpc) is 2.21. The highest BCUT2D eigenvalue weighted by Crippen LogP contribution is 2.23. The smallest absolute Gasteiger partial charge is 0.121 e. The lowest BCUT2D eigenvalue weighted by Crippen LogP contribution is -1.83. The van der Waals surface area contributed by atoms with E-state index in [1.165, 1.54) is 0 Å². The van der Waals surface area contributed by atoms with Crippen molar-refractivity contribution in [3.05, 3.63) is 45.3 Å². The van der Waals surface area contributed by atoms with Gasteiger partial charge in [0, 0.05) is 11.5 Å². The van der Waals surface area contributed by atoms with E-state index in [1.807, 2.05) is 32.1 Å². The molecule has 4 nitrogen and oxygen atoms in total. The summed E-state index contributed by atoms with van der Waals surface area (Å²) in [5, 5.41) is 12.9. The molecular weight excluding hydrogens is 190 g/mol. The van der Waals surface area contributed by atoms with E-state index in [4.69, 9.17) is 5.53 Å². The molecule has 1 aromatic rings. The van der Waals surface area contributed by atoms with E-state index in [0.29, 0.717) is 12.3 Å². The number of hydrogen-bond acceptors (Lipinski definition) is 2. The van der Waals surface area contributed by atoms with Crippen LogP contribution in [0.25, 0.3) is 16.5 Å². The molecule has 1 aromatic carbocycles. The zero-order valence-electron chi connectivity index (χ0n) is 8.81. The first kappa shape index (κ1) is 11.1. The van der Waals surface area contributed by atoms with Gasteiger partial charge in [0.25, 0.3) is 0 Å². The fourth-order valence-electron chi connectivity index (χ4n) is 1.36. The minimum Gasteiger partial charge on any atom is -0.507 e. The highest BCUT2D eigenvalue weighted by Gasteiger charge is 2.00. The van der Waals surface area contributed by atoms with Gasteiger partial charge in [-0.25, -0.2) is 0 Å². The summed E-state index contributed by atoms with van der Waals surface area (Å²) in [6.45, 7) is 4.05. The highest BCUT2D eigenvalue weighted by atomic mass is 16.3. The third-order valence-corrected chi connectivity index (χ3v) is 2.07. The summed E-state index contributed by atoms with van der Waals surface area (Å²) in [5.74, 6) is 0.335. The molecule has 0 radical (unpaired) electrons. The molecule has 0 heterocycles. The van der Waals surface area contributed by atoms with E-state index in [-0.39, 0.29) is 0 Å². The maximum Gasteiger partial charge on any atom is 0.121 e. The second-order valence-corrected chi connectivity index (χ2v) is 3.32. The molecule has 78 valence electrons. The summed E-state index contributed by atoms with van der Waals surface area (Å²) in [6.07, 6.45) is 3.65. The van der Waals surface area contributed by atoms with Crippen molar-refractivity contribution < 1.29 is 5.11 Å². The van der Waals surface area contributed by atoms with Crippen LogP contribution in [0.3, 0.4) is 0 Å². The molecule has 1 rings (SSSR count). The normalized spacial score (nSPS) is 10.3. The van der Waals surface area contributed by atoms with Crippen molar-refractivity contribution in [3.8, 4) is 5.75 Å². The van der Waals surface area contributed by atoms with Gasteiger partial charge < -0.3 is 5.11 Å². The van der Waals surface area contributed by atoms with E-state index >= 15 is 0 Å². The van der Waals surface area contributed by atoms with E-state index in [0.717, 1.165) is 16.7 Å². The van der Waals surface area contributed by atoms with E-state index < -0.39 is 0 Å². The van der Waals surface area contributed by atoms with Gasteiger partial charge in [-0.3, -0.25) is 0 Å². The molecule has 0 saturated carbocycles. The number of azide groups is 1. The van der Waals surface area contributed by atoms with Crippen molar-refractivity contribution in [1.29, 1.82) is 0 Å². The Morgan fingerprint density at radius 2 is 2.00 bits per heavy atom. The summed E-state index contributed by atoms with van der Waals surface area (Å²) >= 11 is 0. The fourth-order valence-corrected chi connectivity index (χ4v) is 1.36. The van der Waals surface area contributed by atoms with E-state index in [9.17, 15) is 5.11 Å². The van der Waals surface area contributed by atoms with Gasteiger partial charge in [0.2, 0.25) is 0 Å². The largest absolute Gasteiger partial charge is 0.507 e. The van der Waals surface area contributed by atoms with Gasteiger partial charge in [-0.15, -0.1) is 0 Å². The number of rotatable bonds is 3. The molecule has 15 heavy (non-hydrogen) atoms. The molecule has 0 aliphatic carbocycles. The second kappa shape index (κ2) is 5.08. The van der Waals surface area contributed by atoms with Crippen LogP contribution in [-0.4, -0.2) is 11.7 Å². The number of aromatic hydroxyl groups is 1. The maximum atomic E-state index is 9.55. The van der Waals surface area contributed by atoms with Crippen LogP contribution in [0.5, 0.6) is 5.75 Å². The van der Waals surface area contributed by atoms with Gasteiger partial charge in [-0.2, -0.15) is 0 Å². The monoisotopic (exact) mass is 203 g/mol. The number of hydrogen-bond donors (Lipinski definition) is 1. The number of aryl methyl sites for hydroxylation is 2. The topological polar surface area (TPSA) is 69.0 Å². The zero-order chi connectivity index (χ0) is 11.3. The minimum absolute atomic E-state index is 0.335. The fraction of sp³-hybridized carbons (Fsp3) is 0.273. The van der Waals surface area contributed by atoms with Crippen LogP contribution in [0.2, 0.25) is 0 Å². The summed E-state index contributed by atoms with van der Waals surface area (Å²) in [6, 6.07) is 3.77. The van der Waals surface area contributed by atoms with Gasteiger partial charge in [-0.1, -0.05) is 17.3 Å². The number of nitrogens with zero attached hydrogens (tertiary/aromatic N) is 3. The zero-order valence-corrected chi connectivity index (χ0v) is 8.81. The lowest BCUT2D eigenvalue weighted by molar-refractivity contribution is 0.467. The Balaban J connectivity index is 2.87. The Morgan fingerprint density at radius 1 is 1.40 bits per heavy atom. The lowest BCUT2D eigenvalue weighted by Gasteiger charge is -2.04. The van der Waals surface area contributed by atoms with Crippen molar-refractivity contribution in [2.75, 3.05) is 6.54 Å². The average molecular weight is 203 g/mol. The van der Waals surface area contributed by atoms with E-state index in [2.05, 4.69) is 10.0 Å². The van der Waals surface area contributed by atoms with Crippen LogP contribution in [0.1, 0.15) is 16.7 Å². The third-order valence-electron chi connectivity index (χ3n) is 2.07. The van der Waals surface area contributed by atoms with Crippen molar-refractivity contribution in [2.45, 2.75) is 13.8 Å². The highest BCUT2D eigenvalue weighted by molar-refractivity contribution is 5.55.